The molecule has 3 nitrogen and oxygen atoms in total. The number of aryl methyl sites for hydroxylation is 1. The molecule has 2 heterocycles. The second-order valence-corrected chi connectivity index (χ2v) is 7.29. The van der Waals surface area contributed by atoms with Crippen LogP contribution in [0.1, 0.15) is 54.6 Å². The van der Waals surface area contributed by atoms with E-state index in [4.69, 9.17) is 16.6 Å². The molecule has 1 aliphatic rings. The maximum Gasteiger partial charge on any atom is 0.222 e. The Labute approximate surface area is 155 Å². The van der Waals surface area contributed by atoms with Crippen LogP contribution in [0.5, 0.6) is 0 Å². The molecule has 0 unspecified atom stereocenters. The molecule has 1 amide bonds. The number of aromatic nitrogens is 1. The maximum absolute atomic E-state index is 11.8. The van der Waals surface area contributed by atoms with E-state index in [2.05, 4.69) is 31.2 Å². The molecular formula is C21H25ClN2O. The van der Waals surface area contributed by atoms with Gasteiger partial charge in [-0.1, -0.05) is 30.7 Å². The Kier molecular flexibility index (Phi) is 5.74. The number of halogens is 1. The SMILES string of the molecule is CCC(=O)N1CCC(c2cc(Cc3ccc(Cl)cc3)cc(C)n2)CC1. The average molecular weight is 357 g/mol. The van der Waals surface area contributed by atoms with Gasteiger partial charge in [-0.2, -0.15) is 0 Å². The Balaban J connectivity index is 1.71. The van der Waals surface area contributed by atoms with Crippen LogP contribution in [0.4, 0.5) is 0 Å². The number of amides is 1. The standard InChI is InChI=1S/C21H25ClN2O/c1-3-21(25)24-10-8-18(9-11-24)20-14-17(12-15(2)23-20)13-16-4-6-19(22)7-5-16/h4-7,12,14,18H,3,8-11,13H2,1-2H3. The smallest absolute Gasteiger partial charge is 0.222 e. The predicted octanol–water partition coefficient (Wildman–Crippen LogP) is 4.75. The Bertz CT molecular complexity index is 734. The van der Waals surface area contributed by atoms with Crippen LogP contribution in [0.15, 0.2) is 36.4 Å². The number of carbonyl (C=O) groups excluding carboxylic acids is 1. The van der Waals surface area contributed by atoms with E-state index in [1.807, 2.05) is 24.0 Å². The van der Waals surface area contributed by atoms with Crippen molar-refractivity contribution in [3.8, 4) is 0 Å². The molecule has 1 saturated heterocycles. The molecular weight excluding hydrogens is 332 g/mol. The summed E-state index contributed by atoms with van der Waals surface area (Å²) in [5.74, 6) is 0.712. The van der Waals surface area contributed by atoms with Crippen molar-refractivity contribution in [3.05, 3.63) is 63.9 Å². The van der Waals surface area contributed by atoms with Gasteiger partial charge in [0.15, 0.2) is 0 Å². The van der Waals surface area contributed by atoms with Crippen molar-refractivity contribution in [3.63, 3.8) is 0 Å². The van der Waals surface area contributed by atoms with Crippen molar-refractivity contribution in [2.45, 2.75) is 45.4 Å². The quantitative estimate of drug-likeness (QED) is 0.792. The highest BCUT2D eigenvalue weighted by molar-refractivity contribution is 6.30. The van der Waals surface area contributed by atoms with E-state index in [0.717, 1.165) is 43.1 Å². The number of carbonyl (C=O) groups is 1. The van der Waals surface area contributed by atoms with E-state index in [0.29, 0.717) is 12.3 Å². The summed E-state index contributed by atoms with van der Waals surface area (Å²) in [5.41, 5.74) is 4.78. The molecule has 132 valence electrons. The second kappa shape index (κ2) is 8.01. The molecule has 25 heavy (non-hydrogen) atoms. The highest BCUT2D eigenvalue weighted by Crippen LogP contribution is 2.28. The number of piperidine rings is 1. The second-order valence-electron chi connectivity index (χ2n) is 6.85. The third-order valence-corrected chi connectivity index (χ3v) is 5.17. The Morgan fingerprint density at radius 3 is 2.48 bits per heavy atom. The highest BCUT2D eigenvalue weighted by Gasteiger charge is 2.24. The molecule has 0 atom stereocenters. The summed E-state index contributed by atoms with van der Waals surface area (Å²) in [6.45, 7) is 5.68. The van der Waals surface area contributed by atoms with Crippen LogP contribution in [0.25, 0.3) is 0 Å². The molecule has 3 rings (SSSR count). The molecule has 0 aliphatic carbocycles. The maximum atomic E-state index is 11.8. The van der Waals surface area contributed by atoms with E-state index in [9.17, 15) is 4.79 Å². The fourth-order valence-corrected chi connectivity index (χ4v) is 3.69. The summed E-state index contributed by atoms with van der Waals surface area (Å²) in [6.07, 6.45) is 3.49. The van der Waals surface area contributed by atoms with Crippen LogP contribution in [0.3, 0.4) is 0 Å². The van der Waals surface area contributed by atoms with Gasteiger partial charge < -0.3 is 4.90 Å². The van der Waals surface area contributed by atoms with E-state index < -0.39 is 0 Å². The van der Waals surface area contributed by atoms with E-state index in [1.54, 1.807) is 0 Å². The number of pyridine rings is 1. The first-order chi connectivity index (χ1) is 12.0. The lowest BCUT2D eigenvalue weighted by Crippen LogP contribution is -2.37. The first kappa shape index (κ1) is 17.9. The zero-order chi connectivity index (χ0) is 17.8. The fraction of sp³-hybridized carbons (Fsp3) is 0.429. The summed E-state index contributed by atoms with van der Waals surface area (Å²) in [4.78, 5) is 18.6. The molecule has 1 aromatic carbocycles. The number of rotatable bonds is 4. The fourth-order valence-electron chi connectivity index (χ4n) is 3.57. The molecule has 1 aromatic heterocycles. The van der Waals surface area contributed by atoms with Gasteiger partial charge in [-0.15, -0.1) is 0 Å². The summed E-state index contributed by atoms with van der Waals surface area (Å²) >= 11 is 5.97. The molecule has 0 N–H and O–H groups in total. The zero-order valence-corrected chi connectivity index (χ0v) is 15.7. The van der Waals surface area contributed by atoms with E-state index >= 15 is 0 Å². The summed E-state index contributed by atoms with van der Waals surface area (Å²) < 4.78 is 0. The number of benzene rings is 1. The van der Waals surface area contributed by atoms with Crippen LogP contribution in [-0.4, -0.2) is 28.9 Å². The summed E-state index contributed by atoms with van der Waals surface area (Å²) in [6, 6.07) is 12.4. The predicted molar refractivity (Wildman–Crippen MR) is 102 cm³/mol. The lowest BCUT2D eigenvalue weighted by Gasteiger charge is -2.32. The van der Waals surface area contributed by atoms with Gasteiger partial charge >= 0.3 is 0 Å². The highest BCUT2D eigenvalue weighted by atomic mass is 35.5. The van der Waals surface area contributed by atoms with Crippen LogP contribution in [0, 0.1) is 6.92 Å². The number of nitrogens with zero attached hydrogens (tertiary/aromatic N) is 2. The normalized spacial score (nSPS) is 15.4. The van der Waals surface area contributed by atoms with Gasteiger partial charge in [0.25, 0.3) is 0 Å². The summed E-state index contributed by atoms with van der Waals surface area (Å²) in [7, 11) is 0. The van der Waals surface area contributed by atoms with Crippen LogP contribution in [0.2, 0.25) is 5.02 Å². The van der Waals surface area contributed by atoms with Crippen LogP contribution in [-0.2, 0) is 11.2 Å². The Morgan fingerprint density at radius 2 is 1.84 bits per heavy atom. The van der Waals surface area contributed by atoms with Crippen molar-refractivity contribution >= 4 is 17.5 Å². The van der Waals surface area contributed by atoms with Gasteiger partial charge in [-0.25, -0.2) is 0 Å². The van der Waals surface area contributed by atoms with Crippen molar-refractivity contribution in [1.29, 1.82) is 0 Å². The third kappa shape index (κ3) is 4.60. The minimum absolute atomic E-state index is 0.263. The Morgan fingerprint density at radius 1 is 1.16 bits per heavy atom. The van der Waals surface area contributed by atoms with Gasteiger partial charge in [0.2, 0.25) is 5.91 Å². The largest absolute Gasteiger partial charge is 0.343 e. The Hall–Kier alpha value is -1.87. The average Bonchev–Trinajstić information content (AvgIpc) is 2.62. The van der Waals surface area contributed by atoms with Crippen molar-refractivity contribution < 1.29 is 4.79 Å². The summed E-state index contributed by atoms with van der Waals surface area (Å²) in [5, 5.41) is 0.767. The van der Waals surface area contributed by atoms with E-state index in [-0.39, 0.29) is 5.91 Å². The van der Waals surface area contributed by atoms with Gasteiger partial charge in [-0.3, -0.25) is 9.78 Å². The van der Waals surface area contributed by atoms with Crippen molar-refractivity contribution in [1.82, 2.24) is 9.88 Å². The monoisotopic (exact) mass is 356 g/mol. The van der Waals surface area contributed by atoms with E-state index in [1.165, 1.54) is 16.8 Å². The molecule has 2 aromatic rings. The van der Waals surface area contributed by atoms with Gasteiger partial charge in [-0.05, 0) is 61.6 Å². The topological polar surface area (TPSA) is 33.2 Å². The van der Waals surface area contributed by atoms with Crippen molar-refractivity contribution in [2.24, 2.45) is 0 Å². The zero-order valence-electron chi connectivity index (χ0n) is 15.0. The molecule has 1 fully saturated rings. The molecule has 1 aliphatic heterocycles. The van der Waals surface area contributed by atoms with Gasteiger partial charge in [0.1, 0.15) is 0 Å². The van der Waals surface area contributed by atoms with Crippen LogP contribution < -0.4 is 0 Å². The molecule has 0 saturated carbocycles. The van der Waals surface area contributed by atoms with Crippen molar-refractivity contribution in [2.75, 3.05) is 13.1 Å². The molecule has 0 bridgehead atoms. The lowest BCUT2D eigenvalue weighted by molar-refractivity contribution is -0.131. The number of hydrogen-bond donors (Lipinski definition) is 0. The van der Waals surface area contributed by atoms with Gasteiger partial charge in [0.05, 0.1) is 0 Å². The third-order valence-electron chi connectivity index (χ3n) is 4.92. The molecule has 0 radical (unpaired) electrons. The first-order valence-electron chi connectivity index (χ1n) is 9.05. The minimum Gasteiger partial charge on any atom is -0.343 e. The van der Waals surface area contributed by atoms with Crippen LogP contribution >= 0.6 is 11.6 Å². The molecule has 0 spiro atoms. The number of hydrogen-bond acceptors (Lipinski definition) is 2. The first-order valence-corrected chi connectivity index (χ1v) is 9.42. The minimum atomic E-state index is 0.263. The molecule has 4 heteroatoms. The number of likely N-dealkylation sites (tertiary alicyclic amines) is 1. The van der Waals surface area contributed by atoms with Gasteiger partial charge in [0, 0.05) is 41.8 Å². The lowest BCUT2D eigenvalue weighted by atomic mass is 9.91.